The minimum Gasteiger partial charge on any atom is -0.497 e. The number of ether oxygens (including phenoxy) is 2. The lowest BCUT2D eigenvalue weighted by Gasteiger charge is -2.27. The van der Waals surface area contributed by atoms with Crippen LogP contribution in [0, 0.1) is 0 Å². The number of hydrogen-bond acceptors (Lipinski definition) is 8. The van der Waals surface area contributed by atoms with Crippen LogP contribution in [-0.2, 0) is 20.5 Å². The van der Waals surface area contributed by atoms with Crippen LogP contribution in [0.4, 0.5) is 0 Å². The third-order valence-electron chi connectivity index (χ3n) is 5.83. The first-order valence-corrected chi connectivity index (χ1v) is 13.1. The Morgan fingerprint density at radius 1 is 0.821 bits per heavy atom. The number of nitrogens with zero attached hydrogens (tertiary/aromatic N) is 1. The van der Waals surface area contributed by atoms with Gasteiger partial charge in [0.05, 0.1) is 20.4 Å². The summed E-state index contributed by atoms with van der Waals surface area (Å²) in [7, 11) is -1.29. The quantitative estimate of drug-likeness (QED) is 0.176. The van der Waals surface area contributed by atoms with Gasteiger partial charge in [0.15, 0.2) is 17.1 Å². The highest BCUT2D eigenvalue weighted by atomic mass is 32.2. The molecule has 0 aromatic heterocycles. The Morgan fingerprint density at radius 2 is 1.41 bits per heavy atom. The van der Waals surface area contributed by atoms with Crippen molar-refractivity contribution < 1.29 is 32.0 Å². The Bertz CT molecular complexity index is 1520. The number of hydrogen-bond donors (Lipinski definition) is 2. The molecule has 1 amide bonds. The highest BCUT2D eigenvalue weighted by molar-refractivity contribution is 7.87. The molecule has 0 bridgehead atoms. The van der Waals surface area contributed by atoms with Crippen LogP contribution >= 0.6 is 0 Å². The minimum atomic E-state index is -4.14. The molecule has 0 aliphatic heterocycles. The van der Waals surface area contributed by atoms with Crippen LogP contribution < -0.4 is 19.1 Å². The molecule has 9 nitrogen and oxygen atoms in total. The number of carbonyl (C=O) groups excluding carboxylic acids is 1. The Morgan fingerprint density at radius 3 is 1.95 bits per heavy atom. The molecule has 0 aliphatic rings. The molecular weight excluding hydrogens is 520 g/mol. The Labute approximate surface area is 226 Å². The SMILES string of the molecule is COc1ccc(S(=O)(=O)Oc2ccc(C=NNC(=O)C(O)(c3ccccc3)c3ccccc3)cc2OC)cc1. The molecule has 0 radical (unpaired) electrons. The molecule has 4 aromatic rings. The Hall–Kier alpha value is -4.67. The number of aliphatic hydroxyl groups is 1. The molecule has 0 saturated heterocycles. The average Bonchev–Trinajstić information content (AvgIpc) is 2.98. The molecular formula is C29H26N2O7S. The summed E-state index contributed by atoms with van der Waals surface area (Å²) in [4.78, 5) is 13.1. The first-order chi connectivity index (χ1) is 18.8. The fourth-order valence-electron chi connectivity index (χ4n) is 3.78. The van der Waals surface area contributed by atoms with Gasteiger partial charge in [0, 0.05) is 0 Å². The van der Waals surface area contributed by atoms with Gasteiger partial charge in [0.2, 0.25) is 0 Å². The molecule has 0 spiro atoms. The van der Waals surface area contributed by atoms with E-state index >= 15 is 0 Å². The third kappa shape index (κ3) is 6.08. The molecule has 0 unspecified atom stereocenters. The molecule has 0 aliphatic carbocycles. The second-order valence-electron chi connectivity index (χ2n) is 8.26. The van der Waals surface area contributed by atoms with Gasteiger partial charge < -0.3 is 18.8 Å². The van der Waals surface area contributed by atoms with Gasteiger partial charge in [0.1, 0.15) is 10.6 Å². The van der Waals surface area contributed by atoms with E-state index in [4.69, 9.17) is 13.7 Å². The lowest BCUT2D eigenvalue weighted by Crippen LogP contribution is -2.43. The average molecular weight is 547 g/mol. The number of hydrazone groups is 1. The summed E-state index contributed by atoms with van der Waals surface area (Å²) in [5.41, 5.74) is 1.65. The van der Waals surface area contributed by atoms with E-state index in [-0.39, 0.29) is 16.4 Å². The zero-order valence-electron chi connectivity index (χ0n) is 21.1. The molecule has 200 valence electrons. The fraction of sp³-hybridized carbons (Fsp3) is 0.103. The van der Waals surface area contributed by atoms with Crippen molar-refractivity contribution in [1.82, 2.24) is 5.43 Å². The topological polar surface area (TPSA) is 124 Å². The molecule has 2 N–H and O–H groups in total. The highest BCUT2D eigenvalue weighted by Gasteiger charge is 2.39. The van der Waals surface area contributed by atoms with E-state index in [0.717, 1.165) is 0 Å². The summed E-state index contributed by atoms with van der Waals surface area (Å²) in [6.07, 6.45) is 1.33. The lowest BCUT2D eigenvalue weighted by atomic mass is 9.85. The smallest absolute Gasteiger partial charge is 0.339 e. The zero-order valence-corrected chi connectivity index (χ0v) is 22.0. The molecule has 0 fully saturated rings. The van der Waals surface area contributed by atoms with E-state index < -0.39 is 21.6 Å². The van der Waals surface area contributed by atoms with Gasteiger partial charge in [-0.2, -0.15) is 13.5 Å². The van der Waals surface area contributed by atoms with Gasteiger partial charge in [-0.3, -0.25) is 4.79 Å². The van der Waals surface area contributed by atoms with Gasteiger partial charge in [-0.1, -0.05) is 60.7 Å². The normalized spacial score (nSPS) is 11.7. The number of nitrogens with one attached hydrogen (secondary N) is 1. The van der Waals surface area contributed by atoms with Crippen molar-refractivity contribution in [2.45, 2.75) is 10.5 Å². The lowest BCUT2D eigenvalue weighted by molar-refractivity contribution is -0.136. The van der Waals surface area contributed by atoms with Crippen molar-refractivity contribution in [2.24, 2.45) is 5.10 Å². The predicted octanol–water partition coefficient (Wildman–Crippen LogP) is 3.86. The highest BCUT2D eigenvalue weighted by Crippen LogP contribution is 2.32. The van der Waals surface area contributed by atoms with E-state index in [0.29, 0.717) is 22.4 Å². The standard InChI is InChI=1S/C29H26N2O7S/c1-36-24-14-16-25(17-15-24)39(34,35)38-26-18-13-21(19-27(26)37-2)20-30-31-28(32)29(33,22-9-5-3-6-10-22)23-11-7-4-8-12-23/h3-20,33H,1-2H3,(H,31,32). The molecule has 4 aromatic carbocycles. The second-order valence-corrected chi connectivity index (χ2v) is 9.81. The molecule has 10 heteroatoms. The first kappa shape index (κ1) is 27.4. The van der Waals surface area contributed by atoms with Crippen LogP contribution in [0.3, 0.4) is 0 Å². The molecule has 4 rings (SSSR count). The maximum absolute atomic E-state index is 13.2. The monoisotopic (exact) mass is 546 g/mol. The van der Waals surface area contributed by atoms with Gasteiger partial charge in [-0.25, -0.2) is 5.43 Å². The van der Waals surface area contributed by atoms with Crippen molar-refractivity contribution >= 4 is 22.2 Å². The Balaban J connectivity index is 1.52. The maximum atomic E-state index is 13.2. The van der Waals surface area contributed by atoms with Gasteiger partial charge in [-0.15, -0.1) is 0 Å². The fourth-order valence-corrected chi connectivity index (χ4v) is 4.72. The van der Waals surface area contributed by atoms with Crippen LogP contribution in [0.5, 0.6) is 17.2 Å². The molecule has 0 atom stereocenters. The van der Waals surface area contributed by atoms with Crippen LogP contribution in [0.1, 0.15) is 16.7 Å². The van der Waals surface area contributed by atoms with Crippen molar-refractivity contribution in [2.75, 3.05) is 14.2 Å². The molecule has 39 heavy (non-hydrogen) atoms. The van der Waals surface area contributed by atoms with E-state index in [1.807, 2.05) is 0 Å². The van der Waals surface area contributed by atoms with Crippen molar-refractivity contribution in [3.8, 4) is 17.2 Å². The predicted molar refractivity (Wildman–Crippen MR) is 145 cm³/mol. The number of amides is 1. The summed E-state index contributed by atoms with van der Waals surface area (Å²) in [5.74, 6) is -0.147. The first-order valence-electron chi connectivity index (χ1n) is 11.7. The number of benzene rings is 4. The second kappa shape index (κ2) is 11.8. The van der Waals surface area contributed by atoms with Crippen LogP contribution in [-0.4, -0.2) is 39.9 Å². The summed E-state index contributed by atoms with van der Waals surface area (Å²) in [6.45, 7) is 0. The van der Waals surface area contributed by atoms with Crippen LogP contribution in [0.2, 0.25) is 0 Å². The van der Waals surface area contributed by atoms with E-state index in [2.05, 4.69) is 10.5 Å². The molecule has 0 heterocycles. The van der Waals surface area contributed by atoms with Crippen LogP contribution in [0.25, 0.3) is 0 Å². The minimum absolute atomic E-state index is 0.0305. The Kier molecular flexibility index (Phi) is 8.28. The summed E-state index contributed by atoms with van der Waals surface area (Å²) in [5, 5.41) is 15.5. The largest absolute Gasteiger partial charge is 0.497 e. The zero-order chi connectivity index (χ0) is 27.9. The van der Waals surface area contributed by atoms with Crippen molar-refractivity contribution in [3.05, 3.63) is 120 Å². The van der Waals surface area contributed by atoms with Gasteiger partial charge in [0.25, 0.3) is 5.91 Å². The number of rotatable bonds is 10. The van der Waals surface area contributed by atoms with Crippen molar-refractivity contribution in [3.63, 3.8) is 0 Å². The van der Waals surface area contributed by atoms with E-state index in [1.165, 1.54) is 62.9 Å². The van der Waals surface area contributed by atoms with Crippen molar-refractivity contribution in [1.29, 1.82) is 0 Å². The van der Waals surface area contributed by atoms with E-state index in [1.54, 1.807) is 60.7 Å². The third-order valence-corrected chi connectivity index (χ3v) is 7.08. The molecule has 0 saturated carbocycles. The van der Waals surface area contributed by atoms with Crippen LogP contribution in [0.15, 0.2) is 113 Å². The van der Waals surface area contributed by atoms with Gasteiger partial charge in [-0.05, 0) is 59.2 Å². The summed E-state index contributed by atoms with van der Waals surface area (Å²) in [6, 6.07) is 27.3. The van der Waals surface area contributed by atoms with E-state index in [9.17, 15) is 18.3 Å². The number of methoxy groups -OCH3 is 2. The summed E-state index contributed by atoms with van der Waals surface area (Å²) < 4.78 is 41.1. The van der Waals surface area contributed by atoms with Gasteiger partial charge >= 0.3 is 10.1 Å². The number of carbonyl (C=O) groups is 1. The summed E-state index contributed by atoms with van der Waals surface area (Å²) >= 11 is 0. The maximum Gasteiger partial charge on any atom is 0.339 e.